The predicted octanol–water partition coefficient (Wildman–Crippen LogP) is 3.14. The Morgan fingerprint density at radius 2 is 1.79 bits per heavy atom. The van der Waals surface area contributed by atoms with Crippen molar-refractivity contribution >= 4 is 6.03 Å². The zero-order valence-corrected chi connectivity index (χ0v) is 14.9. The van der Waals surface area contributed by atoms with Crippen LogP contribution in [0.15, 0.2) is 30.3 Å². The zero-order chi connectivity index (χ0) is 16.8. The molecule has 1 heterocycles. The normalized spacial score (nSPS) is 25.5. The highest BCUT2D eigenvalue weighted by molar-refractivity contribution is 5.74. The number of carbonyl (C=O) groups excluding carboxylic acids is 1. The van der Waals surface area contributed by atoms with Crippen LogP contribution in [0, 0.1) is 5.92 Å². The number of urea groups is 1. The van der Waals surface area contributed by atoms with Crippen molar-refractivity contribution in [3.8, 4) is 0 Å². The van der Waals surface area contributed by atoms with Crippen molar-refractivity contribution in [2.24, 2.45) is 5.92 Å². The van der Waals surface area contributed by atoms with E-state index in [0.717, 1.165) is 45.6 Å². The SMILES string of the molecule is CC1CCCCC1NC(=O)N1CCN(CCc2ccccc2)CC1. The number of amides is 2. The van der Waals surface area contributed by atoms with Crippen molar-refractivity contribution < 1.29 is 4.79 Å². The molecule has 4 heteroatoms. The number of benzene rings is 1. The van der Waals surface area contributed by atoms with Crippen LogP contribution in [0.3, 0.4) is 0 Å². The second kappa shape index (κ2) is 8.52. The molecule has 4 nitrogen and oxygen atoms in total. The summed E-state index contributed by atoms with van der Waals surface area (Å²) in [6.45, 7) is 7.02. The molecule has 2 unspecified atom stereocenters. The minimum atomic E-state index is 0.149. The molecule has 2 atom stereocenters. The summed E-state index contributed by atoms with van der Waals surface area (Å²) in [5.41, 5.74) is 1.39. The van der Waals surface area contributed by atoms with Crippen LogP contribution in [-0.2, 0) is 6.42 Å². The van der Waals surface area contributed by atoms with Crippen molar-refractivity contribution in [1.29, 1.82) is 0 Å². The fourth-order valence-electron chi connectivity index (χ4n) is 3.89. The van der Waals surface area contributed by atoms with Crippen LogP contribution in [0.1, 0.15) is 38.2 Å². The smallest absolute Gasteiger partial charge is 0.317 e. The van der Waals surface area contributed by atoms with Gasteiger partial charge in [0.1, 0.15) is 0 Å². The molecule has 3 rings (SSSR count). The molecule has 0 spiro atoms. The highest BCUT2D eigenvalue weighted by Gasteiger charge is 2.26. The van der Waals surface area contributed by atoms with E-state index in [2.05, 4.69) is 47.5 Å². The maximum Gasteiger partial charge on any atom is 0.317 e. The van der Waals surface area contributed by atoms with Gasteiger partial charge in [0.2, 0.25) is 0 Å². The third-order valence-electron chi connectivity index (χ3n) is 5.64. The molecule has 2 amide bonds. The first-order chi connectivity index (χ1) is 11.7. The molecular weight excluding hydrogens is 298 g/mol. The first-order valence-corrected chi connectivity index (χ1v) is 9.54. The quantitative estimate of drug-likeness (QED) is 0.921. The third-order valence-corrected chi connectivity index (χ3v) is 5.64. The van der Waals surface area contributed by atoms with Crippen LogP contribution < -0.4 is 5.32 Å². The fraction of sp³-hybridized carbons (Fsp3) is 0.650. The summed E-state index contributed by atoms with van der Waals surface area (Å²) in [6.07, 6.45) is 6.05. The van der Waals surface area contributed by atoms with Crippen LogP contribution in [-0.4, -0.2) is 54.6 Å². The Bertz CT molecular complexity index is 511. The average Bonchev–Trinajstić information content (AvgIpc) is 2.63. The van der Waals surface area contributed by atoms with Gasteiger partial charge in [0.25, 0.3) is 0 Å². The first-order valence-electron chi connectivity index (χ1n) is 9.54. The molecule has 1 saturated carbocycles. The van der Waals surface area contributed by atoms with Crippen molar-refractivity contribution in [3.63, 3.8) is 0 Å². The Balaban J connectivity index is 1.39. The topological polar surface area (TPSA) is 35.6 Å². The number of piperazine rings is 1. The van der Waals surface area contributed by atoms with Gasteiger partial charge in [-0.25, -0.2) is 4.79 Å². The highest BCUT2D eigenvalue weighted by Crippen LogP contribution is 2.23. The summed E-state index contributed by atoms with van der Waals surface area (Å²) < 4.78 is 0. The molecule has 2 fully saturated rings. The standard InChI is InChI=1S/C20H31N3O/c1-17-7-5-6-10-19(17)21-20(24)23-15-13-22(14-16-23)12-11-18-8-3-2-4-9-18/h2-4,8-9,17,19H,5-7,10-16H2,1H3,(H,21,24). The Labute approximate surface area is 146 Å². The average molecular weight is 329 g/mol. The van der Waals surface area contributed by atoms with E-state index in [0.29, 0.717) is 12.0 Å². The van der Waals surface area contributed by atoms with Gasteiger partial charge in [-0.15, -0.1) is 0 Å². The molecule has 0 bridgehead atoms. The van der Waals surface area contributed by atoms with E-state index in [9.17, 15) is 4.79 Å². The molecule has 0 aromatic heterocycles. The molecule has 1 saturated heterocycles. The van der Waals surface area contributed by atoms with E-state index in [4.69, 9.17) is 0 Å². The van der Waals surface area contributed by atoms with Crippen molar-refractivity contribution in [2.45, 2.75) is 45.1 Å². The minimum Gasteiger partial charge on any atom is -0.335 e. The van der Waals surface area contributed by atoms with E-state index >= 15 is 0 Å². The number of nitrogens with one attached hydrogen (secondary N) is 1. The molecule has 2 aliphatic rings. The monoisotopic (exact) mass is 329 g/mol. The lowest BCUT2D eigenvalue weighted by Crippen LogP contribution is -2.54. The Hall–Kier alpha value is -1.55. The number of rotatable bonds is 4. The largest absolute Gasteiger partial charge is 0.335 e. The predicted molar refractivity (Wildman–Crippen MR) is 98.1 cm³/mol. The second-order valence-corrected chi connectivity index (χ2v) is 7.38. The maximum absolute atomic E-state index is 12.5. The van der Waals surface area contributed by atoms with Crippen LogP contribution in [0.2, 0.25) is 0 Å². The minimum absolute atomic E-state index is 0.149. The summed E-state index contributed by atoms with van der Waals surface area (Å²) in [5.74, 6) is 0.620. The van der Waals surface area contributed by atoms with Gasteiger partial charge in [-0.3, -0.25) is 4.90 Å². The molecule has 1 aromatic carbocycles. The summed E-state index contributed by atoms with van der Waals surface area (Å²) in [5, 5.41) is 3.28. The Morgan fingerprint density at radius 1 is 1.08 bits per heavy atom. The van der Waals surface area contributed by atoms with E-state index in [-0.39, 0.29) is 6.03 Å². The number of carbonyl (C=O) groups is 1. The van der Waals surface area contributed by atoms with Crippen LogP contribution in [0.25, 0.3) is 0 Å². The van der Waals surface area contributed by atoms with Gasteiger partial charge in [-0.05, 0) is 30.7 Å². The maximum atomic E-state index is 12.5. The van der Waals surface area contributed by atoms with Gasteiger partial charge >= 0.3 is 6.03 Å². The summed E-state index contributed by atoms with van der Waals surface area (Å²) in [7, 11) is 0. The summed E-state index contributed by atoms with van der Waals surface area (Å²) in [4.78, 5) is 17.0. The van der Waals surface area contributed by atoms with E-state index < -0.39 is 0 Å². The summed E-state index contributed by atoms with van der Waals surface area (Å²) >= 11 is 0. The summed E-state index contributed by atoms with van der Waals surface area (Å²) in [6, 6.07) is 11.2. The van der Waals surface area contributed by atoms with E-state index in [1.807, 2.05) is 4.90 Å². The zero-order valence-electron chi connectivity index (χ0n) is 14.9. The Morgan fingerprint density at radius 3 is 2.50 bits per heavy atom. The lowest BCUT2D eigenvalue weighted by Gasteiger charge is -2.37. The molecule has 1 aliphatic heterocycles. The van der Waals surface area contributed by atoms with Crippen LogP contribution in [0.4, 0.5) is 4.79 Å². The second-order valence-electron chi connectivity index (χ2n) is 7.38. The van der Waals surface area contributed by atoms with Gasteiger partial charge in [0.05, 0.1) is 0 Å². The van der Waals surface area contributed by atoms with Gasteiger partial charge in [-0.1, -0.05) is 50.1 Å². The van der Waals surface area contributed by atoms with Crippen LogP contribution in [0.5, 0.6) is 0 Å². The Kier molecular flexibility index (Phi) is 6.13. The number of hydrogen-bond acceptors (Lipinski definition) is 2. The van der Waals surface area contributed by atoms with Gasteiger partial charge in [0.15, 0.2) is 0 Å². The van der Waals surface area contributed by atoms with Gasteiger partial charge < -0.3 is 10.2 Å². The molecular formula is C20H31N3O. The van der Waals surface area contributed by atoms with Crippen LogP contribution >= 0.6 is 0 Å². The lowest BCUT2D eigenvalue weighted by atomic mass is 9.86. The molecule has 1 aromatic rings. The van der Waals surface area contributed by atoms with Gasteiger partial charge in [-0.2, -0.15) is 0 Å². The molecule has 0 radical (unpaired) electrons. The molecule has 1 N–H and O–H groups in total. The number of nitrogens with zero attached hydrogens (tertiary/aromatic N) is 2. The highest BCUT2D eigenvalue weighted by atomic mass is 16.2. The van der Waals surface area contributed by atoms with E-state index in [1.54, 1.807) is 0 Å². The van der Waals surface area contributed by atoms with Crippen molar-refractivity contribution in [1.82, 2.24) is 15.1 Å². The molecule has 132 valence electrons. The molecule has 24 heavy (non-hydrogen) atoms. The van der Waals surface area contributed by atoms with Crippen molar-refractivity contribution in [3.05, 3.63) is 35.9 Å². The van der Waals surface area contributed by atoms with Gasteiger partial charge in [0, 0.05) is 38.8 Å². The first kappa shape index (κ1) is 17.3. The fourth-order valence-corrected chi connectivity index (χ4v) is 3.89. The molecule has 1 aliphatic carbocycles. The van der Waals surface area contributed by atoms with E-state index in [1.165, 1.54) is 24.8 Å². The van der Waals surface area contributed by atoms with Crippen molar-refractivity contribution in [2.75, 3.05) is 32.7 Å². The third kappa shape index (κ3) is 4.73. The lowest BCUT2D eigenvalue weighted by molar-refractivity contribution is 0.133. The number of hydrogen-bond donors (Lipinski definition) is 1.